The van der Waals surface area contributed by atoms with Crippen LogP contribution in [0, 0.1) is 5.92 Å². The SMILES string of the molecule is CC(NS(=O)(=O)N(C)CCCNC1CC1)C1CCCCC1. The van der Waals surface area contributed by atoms with Gasteiger partial charge in [-0.1, -0.05) is 19.3 Å². The monoisotopic (exact) mass is 317 g/mol. The first kappa shape index (κ1) is 17.2. The third-order valence-electron chi connectivity index (χ3n) is 4.76. The number of nitrogens with zero attached hydrogens (tertiary/aromatic N) is 1. The molecule has 2 aliphatic carbocycles. The van der Waals surface area contributed by atoms with Crippen LogP contribution in [-0.4, -0.2) is 44.9 Å². The molecule has 0 heterocycles. The second-order valence-corrected chi connectivity index (χ2v) is 8.52. The number of hydrogen-bond acceptors (Lipinski definition) is 3. The molecule has 0 aromatic heterocycles. The quantitative estimate of drug-likeness (QED) is 0.638. The van der Waals surface area contributed by atoms with Crippen molar-refractivity contribution in [1.29, 1.82) is 0 Å². The molecule has 0 saturated heterocycles. The highest BCUT2D eigenvalue weighted by atomic mass is 32.2. The molecule has 0 aromatic carbocycles. The standard InChI is InChI=1S/C15H31N3O2S/c1-13(14-7-4-3-5-8-14)17-21(19,20)18(2)12-6-11-16-15-9-10-15/h13-17H,3-12H2,1-2H3. The first-order chi connectivity index (χ1) is 9.99. The van der Waals surface area contributed by atoms with Crippen molar-refractivity contribution in [2.75, 3.05) is 20.1 Å². The fourth-order valence-electron chi connectivity index (χ4n) is 3.07. The van der Waals surface area contributed by atoms with Gasteiger partial charge in [0.1, 0.15) is 0 Å². The molecule has 0 bridgehead atoms. The van der Waals surface area contributed by atoms with Crippen LogP contribution in [0.25, 0.3) is 0 Å². The van der Waals surface area contributed by atoms with E-state index in [-0.39, 0.29) is 6.04 Å². The second-order valence-electron chi connectivity index (χ2n) is 6.71. The van der Waals surface area contributed by atoms with Crippen LogP contribution in [0.4, 0.5) is 0 Å². The second kappa shape index (κ2) is 7.90. The molecule has 2 aliphatic rings. The van der Waals surface area contributed by atoms with Crippen LogP contribution < -0.4 is 10.0 Å². The van der Waals surface area contributed by atoms with Crippen molar-refractivity contribution in [3.63, 3.8) is 0 Å². The fourth-order valence-corrected chi connectivity index (χ4v) is 4.28. The van der Waals surface area contributed by atoms with E-state index in [0.717, 1.165) is 25.8 Å². The van der Waals surface area contributed by atoms with Gasteiger partial charge in [-0.15, -0.1) is 0 Å². The molecule has 0 aromatic rings. The van der Waals surface area contributed by atoms with Gasteiger partial charge in [-0.25, -0.2) is 0 Å². The molecule has 0 radical (unpaired) electrons. The molecule has 2 N–H and O–H groups in total. The van der Waals surface area contributed by atoms with E-state index in [2.05, 4.69) is 10.0 Å². The Kier molecular flexibility index (Phi) is 6.47. The molecular formula is C15H31N3O2S. The zero-order valence-electron chi connectivity index (χ0n) is 13.5. The van der Waals surface area contributed by atoms with E-state index in [1.165, 1.54) is 36.4 Å². The summed E-state index contributed by atoms with van der Waals surface area (Å²) in [7, 11) is -1.66. The van der Waals surface area contributed by atoms with Gasteiger partial charge in [0.25, 0.3) is 10.2 Å². The summed E-state index contributed by atoms with van der Waals surface area (Å²) in [5.41, 5.74) is 0. The van der Waals surface area contributed by atoms with Crippen molar-refractivity contribution < 1.29 is 8.42 Å². The van der Waals surface area contributed by atoms with Crippen LogP contribution in [0.15, 0.2) is 0 Å². The first-order valence-electron chi connectivity index (χ1n) is 8.46. The minimum Gasteiger partial charge on any atom is -0.314 e. The van der Waals surface area contributed by atoms with Gasteiger partial charge < -0.3 is 5.32 Å². The van der Waals surface area contributed by atoms with Gasteiger partial charge in [-0.2, -0.15) is 17.4 Å². The Bertz CT molecular complexity index is 403. The summed E-state index contributed by atoms with van der Waals surface area (Å²) in [5, 5.41) is 3.41. The molecule has 21 heavy (non-hydrogen) atoms. The molecule has 0 amide bonds. The zero-order chi connectivity index (χ0) is 15.3. The highest BCUT2D eigenvalue weighted by Gasteiger charge is 2.26. The highest BCUT2D eigenvalue weighted by Crippen LogP contribution is 2.26. The normalized spacial score (nSPS) is 22.6. The molecule has 0 aliphatic heterocycles. The van der Waals surface area contributed by atoms with Gasteiger partial charge in [0.05, 0.1) is 0 Å². The average Bonchev–Trinajstić information content (AvgIpc) is 3.28. The van der Waals surface area contributed by atoms with Gasteiger partial charge in [0.2, 0.25) is 0 Å². The Balaban J connectivity index is 1.70. The van der Waals surface area contributed by atoms with Crippen LogP contribution in [0.2, 0.25) is 0 Å². The maximum atomic E-state index is 12.3. The van der Waals surface area contributed by atoms with Crippen molar-refractivity contribution in [3.8, 4) is 0 Å². The summed E-state index contributed by atoms with van der Waals surface area (Å²) in [6, 6.07) is 0.735. The van der Waals surface area contributed by atoms with Crippen molar-refractivity contribution in [1.82, 2.24) is 14.3 Å². The number of rotatable bonds is 9. The van der Waals surface area contributed by atoms with E-state index >= 15 is 0 Å². The largest absolute Gasteiger partial charge is 0.314 e. The Labute approximate surface area is 130 Å². The summed E-state index contributed by atoms with van der Waals surface area (Å²) in [4.78, 5) is 0. The van der Waals surface area contributed by atoms with Crippen molar-refractivity contribution in [2.24, 2.45) is 5.92 Å². The number of hydrogen-bond donors (Lipinski definition) is 2. The summed E-state index contributed by atoms with van der Waals surface area (Å²) < 4.78 is 29.0. The maximum absolute atomic E-state index is 12.3. The Morgan fingerprint density at radius 1 is 1.14 bits per heavy atom. The van der Waals surface area contributed by atoms with Crippen LogP contribution in [0.5, 0.6) is 0 Å². The van der Waals surface area contributed by atoms with E-state index in [1.807, 2.05) is 6.92 Å². The summed E-state index contributed by atoms with van der Waals surface area (Å²) >= 11 is 0. The summed E-state index contributed by atoms with van der Waals surface area (Å²) in [6.45, 7) is 3.49. The molecule has 1 atom stereocenters. The minimum atomic E-state index is -3.34. The maximum Gasteiger partial charge on any atom is 0.279 e. The van der Waals surface area contributed by atoms with Crippen molar-refractivity contribution in [3.05, 3.63) is 0 Å². The summed E-state index contributed by atoms with van der Waals surface area (Å²) in [6.07, 6.45) is 9.48. The lowest BCUT2D eigenvalue weighted by Crippen LogP contribution is -2.46. The molecular weight excluding hydrogens is 286 g/mol. The Morgan fingerprint density at radius 3 is 2.43 bits per heavy atom. The molecule has 0 spiro atoms. The zero-order valence-corrected chi connectivity index (χ0v) is 14.3. The van der Waals surface area contributed by atoms with Crippen molar-refractivity contribution >= 4 is 10.2 Å². The molecule has 5 nitrogen and oxygen atoms in total. The third kappa shape index (κ3) is 5.85. The van der Waals surface area contributed by atoms with Crippen LogP contribution in [-0.2, 0) is 10.2 Å². The Morgan fingerprint density at radius 2 is 1.81 bits per heavy atom. The van der Waals surface area contributed by atoms with Gasteiger partial charge in [0, 0.05) is 25.7 Å². The predicted molar refractivity (Wildman–Crippen MR) is 86.4 cm³/mol. The van der Waals surface area contributed by atoms with Crippen LogP contribution in [0.3, 0.4) is 0 Å². The average molecular weight is 317 g/mol. The highest BCUT2D eigenvalue weighted by molar-refractivity contribution is 7.87. The van der Waals surface area contributed by atoms with E-state index in [1.54, 1.807) is 7.05 Å². The molecule has 2 rings (SSSR count). The van der Waals surface area contributed by atoms with E-state index in [9.17, 15) is 8.42 Å². The van der Waals surface area contributed by atoms with Gasteiger partial charge in [-0.05, 0) is 51.5 Å². The molecule has 6 heteroatoms. The number of nitrogens with one attached hydrogen (secondary N) is 2. The fraction of sp³-hybridized carbons (Fsp3) is 1.00. The Hall–Kier alpha value is -0.170. The van der Waals surface area contributed by atoms with Gasteiger partial charge >= 0.3 is 0 Å². The third-order valence-corrected chi connectivity index (χ3v) is 6.44. The van der Waals surface area contributed by atoms with Gasteiger partial charge in [0.15, 0.2) is 0 Å². The topological polar surface area (TPSA) is 61.4 Å². The molecule has 2 saturated carbocycles. The smallest absolute Gasteiger partial charge is 0.279 e. The lowest BCUT2D eigenvalue weighted by molar-refractivity contribution is 0.298. The summed E-state index contributed by atoms with van der Waals surface area (Å²) in [5.74, 6) is 0.499. The first-order valence-corrected chi connectivity index (χ1v) is 9.90. The predicted octanol–water partition coefficient (Wildman–Crippen LogP) is 1.86. The van der Waals surface area contributed by atoms with E-state index in [0.29, 0.717) is 18.5 Å². The lowest BCUT2D eigenvalue weighted by atomic mass is 9.85. The van der Waals surface area contributed by atoms with Crippen LogP contribution >= 0.6 is 0 Å². The molecule has 1 unspecified atom stereocenters. The van der Waals surface area contributed by atoms with E-state index < -0.39 is 10.2 Å². The lowest BCUT2D eigenvalue weighted by Gasteiger charge is -2.29. The van der Waals surface area contributed by atoms with Crippen LogP contribution in [0.1, 0.15) is 58.3 Å². The molecule has 124 valence electrons. The van der Waals surface area contributed by atoms with Gasteiger partial charge in [-0.3, -0.25) is 0 Å². The molecule has 2 fully saturated rings. The van der Waals surface area contributed by atoms with Crippen molar-refractivity contribution in [2.45, 2.75) is 70.4 Å². The minimum absolute atomic E-state index is 0.0438. The van der Waals surface area contributed by atoms with E-state index in [4.69, 9.17) is 0 Å².